The summed E-state index contributed by atoms with van der Waals surface area (Å²) in [5, 5.41) is 2.76. The van der Waals surface area contributed by atoms with Gasteiger partial charge in [-0.25, -0.2) is 8.78 Å². The molecular formula is C19H18F2N2O2. The van der Waals surface area contributed by atoms with Gasteiger partial charge in [-0.2, -0.15) is 0 Å². The molecule has 0 bridgehead atoms. The van der Waals surface area contributed by atoms with Crippen molar-refractivity contribution in [2.24, 2.45) is 0 Å². The quantitative estimate of drug-likeness (QED) is 0.927. The Morgan fingerprint density at radius 2 is 1.80 bits per heavy atom. The van der Waals surface area contributed by atoms with Gasteiger partial charge < -0.3 is 10.2 Å². The van der Waals surface area contributed by atoms with Gasteiger partial charge in [0.05, 0.1) is 5.56 Å². The Morgan fingerprint density at radius 3 is 2.52 bits per heavy atom. The van der Waals surface area contributed by atoms with Gasteiger partial charge in [0.15, 0.2) is 0 Å². The summed E-state index contributed by atoms with van der Waals surface area (Å²) in [5.41, 5.74) is 0.737. The first-order chi connectivity index (χ1) is 12.1. The van der Waals surface area contributed by atoms with Crippen molar-refractivity contribution >= 4 is 11.8 Å². The minimum atomic E-state index is -0.618. The second-order valence-corrected chi connectivity index (χ2v) is 5.98. The van der Waals surface area contributed by atoms with Gasteiger partial charge in [-0.1, -0.05) is 24.3 Å². The van der Waals surface area contributed by atoms with Gasteiger partial charge in [-0.05, 0) is 42.7 Å². The van der Waals surface area contributed by atoms with Crippen LogP contribution in [0.2, 0.25) is 0 Å². The van der Waals surface area contributed by atoms with Crippen LogP contribution in [0.3, 0.4) is 0 Å². The Bertz CT molecular complexity index is 777. The van der Waals surface area contributed by atoms with E-state index in [0.29, 0.717) is 19.4 Å². The Balaban J connectivity index is 1.66. The molecule has 0 radical (unpaired) electrons. The summed E-state index contributed by atoms with van der Waals surface area (Å²) < 4.78 is 26.7. The van der Waals surface area contributed by atoms with Gasteiger partial charge >= 0.3 is 0 Å². The molecule has 1 atom stereocenters. The first-order valence-corrected chi connectivity index (χ1v) is 8.14. The van der Waals surface area contributed by atoms with Gasteiger partial charge in [0.2, 0.25) is 5.91 Å². The molecule has 0 aliphatic carbocycles. The van der Waals surface area contributed by atoms with Gasteiger partial charge in [0.1, 0.15) is 17.7 Å². The summed E-state index contributed by atoms with van der Waals surface area (Å²) in [5.74, 6) is -1.69. The number of amides is 2. The van der Waals surface area contributed by atoms with Crippen LogP contribution in [0.15, 0.2) is 48.5 Å². The van der Waals surface area contributed by atoms with Crippen LogP contribution in [0.25, 0.3) is 0 Å². The van der Waals surface area contributed by atoms with Gasteiger partial charge in [0.25, 0.3) is 5.91 Å². The highest BCUT2D eigenvalue weighted by Gasteiger charge is 2.35. The van der Waals surface area contributed by atoms with Crippen molar-refractivity contribution in [3.05, 3.63) is 71.3 Å². The van der Waals surface area contributed by atoms with Crippen LogP contribution in [0.4, 0.5) is 8.78 Å². The lowest BCUT2D eigenvalue weighted by Gasteiger charge is -2.24. The van der Waals surface area contributed by atoms with E-state index in [9.17, 15) is 18.4 Å². The molecule has 2 aromatic carbocycles. The highest BCUT2D eigenvalue weighted by molar-refractivity contribution is 5.98. The molecule has 1 aliphatic rings. The summed E-state index contributed by atoms with van der Waals surface area (Å²) in [6.07, 6.45) is 1.23. The molecule has 1 heterocycles. The number of hydrogen-bond acceptors (Lipinski definition) is 2. The van der Waals surface area contributed by atoms with Crippen molar-refractivity contribution in [1.82, 2.24) is 10.2 Å². The molecule has 6 heteroatoms. The number of carbonyl (C=O) groups excluding carboxylic acids is 2. The maximum absolute atomic E-state index is 13.8. The van der Waals surface area contributed by atoms with Crippen LogP contribution in [0.5, 0.6) is 0 Å². The predicted molar refractivity (Wildman–Crippen MR) is 88.7 cm³/mol. The minimum Gasteiger partial charge on any atom is -0.350 e. The third-order valence-electron chi connectivity index (χ3n) is 4.30. The standard InChI is InChI=1S/C19H18F2N2O2/c20-14-9-7-13(8-10-14)12-22-18(24)17-6-3-11-23(17)19(25)15-4-1-2-5-16(15)21/h1-2,4-5,7-10,17H,3,6,11-12H2,(H,22,24). The number of likely N-dealkylation sites (tertiary alicyclic amines) is 1. The van der Waals surface area contributed by atoms with E-state index in [4.69, 9.17) is 0 Å². The van der Waals surface area contributed by atoms with Crippen LogP contribution in [0.1, 0.15) is 28.8 Å². The first-order valence-electron chi connectivity index (χ1n) is 8.14. The SMILES string of the molecule is O=C(NCc1ccc(F)cc1)C1CCCN1C(=O)c1ccccc1F. The Hall–Kier alpha value is -2.76. The summed E-state index contributed by atoms with van der Waals surface area (Å²) in [6.45, 7) is 0.666. The Morgan fingerprint density at radius 1 is 1.08 bits per heavy atom. The monoisotopic (exact) mass is 344 g/mol. The van der Waals surface area contributed by atoms with Crippen molar-refractivity contribution in [1.29, 1.82) is 0 Å². The maximum Gasteiger partial charge on any atom is 0.257 e. The molecule has 1 aliphatic heterocycles. The van der Waals surface area contributed by atoms with Crippen molar-refractivity contribution < 1.29 is 18.4 Å². The smallest absolute Gasteiger partial charge is 0.257 e. The van der Waals surface area contributed by atoms with E-state index in [0.717, 1.165) is 5.56 Å². The Kier molecular flexibility index (Phi) is 5.07. The summed E-state index contributed by atoms with van der Waals surface area (Å²) >= 11 is 0. The molecule has 0 saturated carbocycles. The minimum absolute atomic E-state index is 0.0271. The largest absolute Gasteiger partial charge is 0.350 e. The highest BCUT2D eigenvalue weighted by Crippen LogP contribution is 2.21. The van der Waals surface area contributed by atoms with Crippen LogP contribution in [-0.4, -0.2) is 29.3 Å². The van der Waals surface area contributed by atoms with E-state index in [2.05, 4.69) is 5.32 Å². The molecule has 25 heavy (non-hydrogen) atoms. The molecule has 1 unspecified atom stereocenters. The number of halogens is 2. The fraction of sp³-hybridized carbons (Fsp3) is 0.263. The molecule has 0 aromatic heterocycles. The van der Waals surface area contributed by atoms with E-state index in [1.165, 1.54) is 35.2 Å². The zero-order chi connectivity index (χ0) is 17.8. The second-order valence-electron chi connectivity index (χ2n) is 5.98. The number of nitrogens with zero attached hydrogens (tertiary/aromatic N) is 1. The topological polar surface area (TPSA) is 49.4 Å². The van der Waals surface area contributed by atoms with Gasteiger partial charge in [0, 0.05) is 13.1 Å². The average molecular weight is 344 g/mol. The lowest BCUT2D eigenvalue weighted by molar-refractivity contribution is -0.125. The molecule has 3 rings (SSSR count). The fourth-order valence-electron chi connectivity index (χ4n) is 2.98. The van der Waals surface area contributed by atoms with E-state index in [1.54, 1.807) is 18.2 Å². The number of nitrogens with one attached hydrogen (secondary N) is 1. The summed E-state index contributed by atoms with van der Waals surface area (Å²) in [7, 11) is 0. The van der Waals surface area contributed by atoms with Gasteiger partial charge in [-0.15, -0.1) is 0 Å². The molecular weight excluding hydrogens is 326 g/mol. The first kappa shape index (κ1) is 17.1. The molecule has 130 valence electrons. The van der Waals surface area contributed by atoms with E-state index >= 15 is 0 Å². The third kappa shape index (κ3) is 3.84. The van der Waals surface area contributed by atoms with Crippen molar-refractivity contribution in [3.8, 4) is 0 Å². The van der Waals surface area contributed by atoms with E-state index in [1.807, 2.05) is 0 Å². The second kappa shape index (κ2) is 7.42. The predicted octanol–water partition coefficient (Wildman–Crippen LogP) is 2.89. The molecule has 1 saturated heterocycles. The van der Waals surface area contributed by atoms with Crippen LogP contribution in [-0.2, 0) is 11.3 Å². The zero-order valence-electron chi connectivity index (χ0n) is 13.5. The Labute approximate surface area is 144 Å². The zero-order valence-corrected chi connectivity index (χ0v) is 13.5. The highest BCUT2D eigenvalue weighted by atomic mass is 19.1. The van der Waals surface area contributed by atoms with Crippen LogP contribution < -0.4 is 5.32 Å². The fourth-order valence-corrected chi connectivity index (χ4v) is 2.98. The number of carbonyl (C=O) groups is 2. The number of rotatable bonds is 4. The summed E-state index contributed by atoms with van der Waals surface area (Å²) in [6, 6.07) is 11.0. The van der Waals surface area contributed by atoms with Crippen LogP contribution in [0, 0.1) is 11.6 Å². The average Bonchev–Trinajstić information content (AvgIpc) is 3.10. The lowest BCUT2D eigenvalue weighted by Crippen LogP contribution is -2.45. The van der Waals surface area contributed by atoms with E-state index in [-0.39, 0.29) is 23.8 Å². The van der Waals surface area contributed by atoms with Crippen molar-refractivity contribution in [3.63, 3.8) is 0 Å². The molecule has 2 aromatic rings. The molecule has 2 amide bonds. The third-order valence-corrected chi connectivity index (χ3v) is 4.30. The molecule has 1 fully saturated rings. The van der Waals surface area contributed by atoms with Gasteiger partial charge in [-0.3, -0.25) is 9.59 Å². The normalized spacial score (nSPS) is 16.7. The number of benzene rings is 2. The summed E-state index contributed by atoms with van der Waals surface area (Å²) in [4.78, 5) is 26.4. The molecule has 0 spiro atoms. The van der Waals surface area contributed by atoms with Crippen molar-refractivity contribution in [2.75, 3.05) is 6.54 Å². The molecule has 4 nitrogen and oxygen atoms in total. The number of hydrogen-bond donors (Lipinski definition) is 1. The lowest BCUT2D eigenvalue weighted by atomic mass is 10.1. The maximum atomic E-state index is 13.8. The van der Waals surface area contributed by atoms with Crippen molar-refractivity contribution in [2.45, 2.75) is 25.4 Å². The van der Waals surface area contributed by atoms with Crippen LogP contribution >= 0.6 is 0 Å². The van der Waals surface area contributed by atoms with E-state index < -0.39 is 17.8 Å². The molecule has 1 N–H and O–H groups in total.